The van der Waals surface area contributed by atoms with Crippen molar-refractivity contribution in [1.29, 1.82) is 0 Å². The summed E-state index contributed by atoms with van der Waals surface area (Å²) >= 11 is 0. The molecule has 1 fully saturated rings. The van der Waals surface area contributed by atoms with Crippen LogP contribution < -0.4 is 0 Å². The molecule has 1 aliphatic rings. The van der Waals surface area contributed by atoms with Crippen molar-refractivity contribution in [2.24, 2.45) is 0 Å². The normalized spacial score (nSPS) is 24.3. The van der Waals surface area contributed by atoms with E-state index in [1.807, 2.05) is 12.1 Å². The first-order valence-electron chi connectivity index (χ1n) is 5.13. The first-order chi connectivity index (χ1) is 7.38. The number of rotatable bonds is 2. The molecule has 0 radical (unpaired) electrons. The highest BCUT2D eigenvalue weighted by atomic mass is 16.6. The van der Waals surface area contributed by atoms with Crippen molar-refractivity contribution in [3.63, 3.8) is 0 Å². The molecule has 3 rings (SSSR count). The summed E-state index contributed by atoms with van der Waals surface area (Å²) in [5, 5.41) is 11.4. The van der Waals surface area contributed by atoms with Gasteiger partial charge in [0.25, 0.3) is 0 Å². The van der Waals surface area contributed by atoms with Crippen LogP contribution in [-0.2, 0) is 4.74 Å². The fraction of sp³-hybridized carbons (Fsp3) is 0.231. The van der Waals surface area contributed by atoms with E-state index in [2.05, 4.69) is 30.3 Å². The Hall–Kier alpha value is -1.38. The maximum Gasteiger partial charge on any atom is 0.112 e. The summed E-state index contributed by atoms with van der Waals surface area (Å²) < 4.78 is 5.35. The average molecular weight is 200 g/mol. The van der Waals surface area contributed by atoms with E-state index in [-0.39, 0.29) is 18.8 Å². The summed E-state index contributed by atoms with van der Waals surface area (Å²) in [4.78, 5) is 0. The molecule has 2 heteroatoms. The fourth-order valence-corrected chi connectivity index (χ4v) is 1.96. The molecule has 2 atom stereocenters. The molecule has 0 bridgehead atoms. The number of epoxide rings is 1. The lowest BCUT2D eigenvalue weighted by Crippen LogP contribution is -1.94. The van der Waals surface area contributed by atoms with E-state index in [1.54, 1.807) is 0 Å². The van der Waals surface area contributed by atoms with Gasteiger partial charge in [-0.25, -0.2) is 0 Å². The molecule has 0 aliphatic carbocycles. The monoisotopic (exact) mass is 200 g/mol. The maximum atomic E-state index is 8.93. The molecule has 0 spiro atoms. The van der Waals surface area contributed by atoms with Gasteiger partial charge >= 0.3 is 0 Å². The molecule has 76 valence electrons. The molecule has 2 aromatic rings. The van der Waals surface area contributed by atoms with Gasteiger partial charge in [0.1, 0.15) is 12.2 Å². The van der Waals surface area contributed by atoms with Crippen LogP contribution in [0.15, 0.2) is 42.5 Å². The van der Waals surface area contributed by atoms with Gasteiger partial charge in [-0.2, -0.15) is 0 Å². The molecule has 0 amide bonds. The summed E-state index contributed by atoms with van der Waals surface area (Å²) in [5.41, 5.74) is 1.16. The molecule has 1 N–H and O–H groups in total. The number of fused-ring (bicyclic) bond motifs is 1. The van der Waals surface area contributed by atoms with Gasteiger partial charge in [-0.3, -0.25) is 0 Å². The highest BCUT2D eigenvalue weighted by Crippen LogP contribution is 2.39. The van der Waals surface area contributed by atoms with Crippen molar-refractivity contribution >= 4 is 10.8 Å². The minimum Gasteiger partial charge on any atom is -0.394 e. The largest absolute Gasteiger partial charge is 0.394 e. The Balaban J connectivity index is 2.00. The minimum absolute atomic E-state index is 0.00571. The number of aliphatic hydroxyl groups is 1. The fourth-order valence-electron chi connectivity index (χ4n) is 1.96. The predicted octanol–water partition coefficient (Wildman–Crippen LogP) is 2.27. The third kappa shape index (κ3) is 1.52. The number of hydrogen-bond donors (Lipinski definition) is 1. The Bertz CT molecular complexity index is 493. The van der Waals surface area contributed by atoms with Gasteiger partial charge in [-0.1, -0.05) is 36.4 Å². The van der Waals surface area contributed by atoms with E-state index >= 15 is 0 Å². The van der Waals surface area contributed by atoms with Crippen LogP contribution in [0.2, 0.25) is 0 Å². The number of benzene rings is 2. The SMILES string of the molecule is OC[C@@H]1O[C@H]1c1ccc2ccccc2c1. The van der Waals surface area contributed by atoms with Gasteiger partial charge in [0, 0.05) is 0 Å². The van der Waals surface area contributed by atoms with E-state index in [0.29, 0.717) is 0 Å². The number of aliphatic hydroxyl groups excluding tert-OH is 1. The van der Waals surface area contributed by atoms with Crippen LogP contribution in [0.4, 0.5) is 0 Å². The second-order valence-electron chi connectivity index (χ2n) is 3.88. The lowest BCUT2D eigenvalue weighted by Gasteiger charge is -2.00. The number of hydrogen-bond acceptors (Lipinski definition) is 2. The summed E-state index contributed by atoms with van der Waals surface area (Å²) in [6.45, 7) is 0.109. The van der Waals surface area contributed by atoms with E-state index in [0.717, 1.165) is 5.56 Å². The average Bonchev–Trinajstić information content (AvgIpc) is 3.08. The van der Waals surface area contributed by atoms with Gasteiger partial charge in [-0.15, -0.1) is 0 Å². The standard InChI is InChI=1S/C13H12O2/c14-8-12-13(15-12)11-6-5-9-3-1-2-4-10(9)7-11/h1-7,12-14H,8H2/t12-,13-/m0/s1. The second kappa shape index (κ2) is 3.33. The van der Waals surface area contributed by atoms with Crippen LogP contribution in [0.5, 0.6) is 0 Å². The Morgan fingerprint density at radius 3 is 2.60 bits per heavy atom. The topological polar surface area (TPSA) is 32.8 Å². The Morgan fingerprint density at radius 2 is 1.87 bits per heavy atom. The zero-order valence-electron chi connectivity index (χ0n) is 8.26. The van der Waals surface area contributed by atoms with Crippen LogP contribution in [0.3, 0.4) is 0 Å². The molecule has 1 saturated heterocycles. The summed E-state index contributed by atoms with van der Waals surface area (Å²) in [7, 11) is 0. The molecule has 2 aromatic carbocycles. The Labute approximate surface area is 88.1 Å². The molecule has 1 heterocycles. The van der Waals surface area contributed by atoms with E-state index in [1.165, 1.54) is 10.8 Å². The minimum atomic E-state index is 0.00571. The van der Waals surface area contributed by atoms with Crippen LogP contribution in [0.25, 0.3) is 10.8 Å². The lowest BCUT2D eigenvalue weighted by molar-refractivity contribution is 0.242. The third-order valence-electron chi connectivity index (χ3n) is 2.86. The highest BCUT2D eigenvalue weighted by molar-refractivity contribution is 5.83. The van der Waals surface area contributed by atoms with Gasteiger partial charge in [0.05, 0.1) is 6.61 Å². The van der Waals surface area contributed by atoms with E-state index in [4.69, 9.17) is 9.84 Å². The first-order valence-corrected chi connectivity index (χ1v) is 5.13. The van der Waals surface area contributed by atoms with E-state index < -0.39 is 0 Å². The van der Waals surface area contributed by atoms with Crippen molar-refractivity contribution in [3.05, 3.63) is 48.0 Å². The number of ether oxygens (including phenoxy) is 1. The predicted molar refractivity (Wildman–Crippen MR) is 58.6 cm³/mol. The molecule has 0 aromatic heterocycles. The molecular weight excluding hydrogens is 188 g/mol. The smallest absolute Gasteiger partial charge is 0.112 e. The van der Waals surface area contributed by atoms with Gasteiger partial charge in [0.2, 0.25) is 0 Å². The van der Waals surface area contributed by atoms with Crippen LogP contribution >= 0.6 is 0 Å². The maximum absolute atomic E-state index is 8.93. The van der Waals surface area contributed by atoms with Crippen LogP contribution in [-0.4, -0.2) is 17.8 Å². The molecule has 0 unspecified atom stereocenters. The summed E-state index contributed by atoms with van der Waals surface area (Å²) in [6, 6.07) is 14.6. The van der Waals surface area contributed by atoms with Gasteiger partial charge < -0.3 is 9.84 Å². The van der Waals surface area contributed by atoms with Gasteiger partial charge in [-0.05, 0) is 22.4 Å². The molecule has 0 saturated carbocycles. The van der Waals surface area contributed by atoms with Crippen molar-refractivity contribution in [3.8, 4) is 0 Å². The van der Waals surface area contributed by atoms with Crippen LogP contribution in [0, 0.1) is 0 Å². The molecule has 2 nitrogen and oxygen atoms in total. The molecular formula is C13H12O2. The Kier molecular flexibility index (Phi) is 1.97. The molecule has 15 heavy (non-hydrogen) atoms. The zero-order chi connectivity index (χ0) is 10.3. The zero-order valence-corrected chi connectivity index (χ0v) is 8.26. The van der Waals surface area contributed by atoms with Gasteiger partial charge in [0.15, 0.2) is 0 Å². The first kappa shape index (κ1) is 8.89. The summed E-state index contributed by atoms with van der Waals surface area (Å²) in [6.07, 6.45) is 0.103. The lowest BCUT2D eigenvalue weighted by atomic mass is 10.0. The second-order valence-corrected chi connectivity index (χ2v) is 3.88. The van der Waals surface area contributed by atoms with Crippen molar-refractivity contribution in [2.45, 2.75) is 12.2 Å². The Morgan fingerprint density at radius 1 is 1.07 bits per heavy atom. The van der Waals surface area contributed by atoms with E-state index in [9.17, 15) is 0 Å². The quantitative estimate of drug-likeness (QED) is 0.754. The highest BCUT2D eigenvalue weighted by Gasteiger charge is 2.39. The third-order valence-corrected chi connectivity index (χ3v) is 2.86. The summed E-state index contributed by atoms with van der Waals surface area (Å²) in [5.74, 6) is 0. The van der Waals surface area contributed by atoms with Crippen LogP contribution in [0.1, 0.15) is 11.7 Å². The van der Waals surface area contributed by atoms with Crippen molar-refractivity contribution in [2.75, 3.05) is 6.61 Å². The molecule has 1 aliphatic heterocycles. The van der Waals surface area contributed by atoms with Crippen molar-refractivity contribution in [1.82, 2.24) is 0 Å². The van der Waals surface area contributed by atoms with Crippen molar-refractivity contribution < 1.29 is 9.84 Å².